The van der Waals surface area contributed by atoms with Crippen LogP contribution in [0.4, 0.5) is 0 Å². The Labute approximate surface area is 131 Å². The molecule has 0 radical (unpaired) electrons. The molecule has 0 saturated carbocycles. The van der Waals surface area contributed by atoms with E-state index in [4.69, 9.17) is 4.74 Å². The Morgan fingerprint density at radius 1 is 1.09 bits per heavy atom. The van der Waals surface area contributed by atoms with Crippen LogP contribution in [0.15, 0.2) is 54.6 Å². The van der Waals surface area contributed by atoms with Crippen LogP contribution in [0, 0.1) is 5.92 Å². The fourth-order valence-corrected chi connectivity index (χ4v) is 2.85. The molecule has 1 aliphatic rings. The summed E-state index contributed by atoms with van der Waals surface area (Å²) in [7, 11) is 0. The molecular formula is C19H21NO2. The maximum atomic E-state index is 12.5. The van der Waals surface area contributed by atoms with Crippen molar-refractivity contribution in [1.82, 2.24) is 5.32 Å². The van der Waals surface area contributed by atoms with Crippen LogP contribution < -0.4 is 5.32 Å². The molecule has 2 aromatic carbocycles. The third kappa shape index (κ3) is 3.55. The first-order chi connectivity index (χ1) is 10.8. The molecule has 1 unspecified atom stereocenters. The van der Waals surface area contributed by atoms with Gasteiger partial charge in [-0.05, 0) is 36.0 Å². The molecule has 1 aliphatic heterocycles. The summed E-state index contributed by atoms with van der Waals surface area (Å²) in [5, 5.41) is 3.04. The molecule has 1 saturated heterocycles. The molecule has 1 heterocycles. The number of carbonyl (C=O) groups excluding carboxylic acids is 1. The molecule has 0 spiro atoms. The van der Waals surface area contributed by atoms with E-state index in [1.165, 1.54) is 0 Å². The van der Waals surface area contributed by atoms with Crippen LogP contribution in [0.5, 0.6) is 0 Å². The van der Waals surface area contributed by atoms with E-state index < -0.39 is 0 Å². The molecule has 22 heavy (non-hydrogen) atoms. The minimum Gasteiger partial charge on any atom is -0.381 e. The standard InChI is InChI=1S/C19H21NO2/c21-19(20-12-10-15-11-13-22-14-15)18-9-5-4-8-17(18)16-6-2-1-3-7-16/h1-9,15H,10-14H2,(H,20,21). The molecule has 2 aromatic rings. The van der Waals surface area contributed by atoms with Crippen molar-refractivity contribution in [2.24, 2.45) is 5.92 Å². The van der Waals surface area contributed by atoms with Crippen molar-refractivity contribution in [3.05, 3.63) is 60.2 Å². The Morgan fingerprint density at radius 3 is 2.64 bits per heavy atom. The van der Waals surface area contributed by atoms with Gasteiger partial charge in [-0.2, -0.15) is 0 Å². The zero-order chi connectivity index (χ0) is 15.2. The summed E-state index contributed by atoms with van der Waals surface area (Å²) in [4.78, 5) is 12.5. The van der Waals surface area contributed by atoms with E-state index in [0.717, 1.165) is 42.7 Å². The number of benzene rings is 2. The summed E-state index contributed by atoms with van der Waals surface area (Å²) in [6.07, 6.45) is 2.09. The minimum atomic E-state index is -0.00151. The van der Waals surface area contributed by atoms with Gasteiger partial charge in [0, 0.05) is 25.3 Å². The average molecular weight is 295 g/mol. The summed E-state index contributed by atoms with van der Waals surface area (Å²) in [5.74, 6) is 0.586. The Hall–Kier alpha value is -2.13. The Bertz CT molecular complexity index is 618. The van der Waals surface area contributed by atoms with Crippen LogP contribution >= 0.6 is 0 Å². The van der Waals surface area contributed by atoms with E-state index in [2.05, 4.69) is 5.32 Å². The van der Waals surface area contributed by atoms with Crippen molar-refractivity contribution in [1.29, 1.82) is 0 Å². The van der Waals surface area contributed by atoms with E-state index in [0.29, 0.717) is 12.5 Å². The van der Waals surface area contributed by atoms with Crippen LogP contribution in [-0.2, 0) is 4.74 Å². The molecule has 0 aliphatic carbocycles. The quantitative estimate of drug-likeness (QED) is 0.916. The zero-order valence-electron chi connectivity index (χ0n) is 12.6. The van der Waals surface area contributed by atoms with Gasteiger partial charge in [-0.1, -0.05) is 48.5 Å². The molecule has 3 nitrogen and oxygen atoms in total. The van der Waals surface area contributed by atoms with Crippen LogP contribution in [0.3, 0.4) is 0 Å². The van der Waals surface area contributed by atoms with Gasteiger partial charge in [-0.25, -0.2) is 0 Å². The smallest absolute Gasteiger partial charge is 0.251 e. The van der Waals surface area contributed by atoms with Crippen molar-refractivity contribution in [2.75, 3.05) is 19.8 Å². The third-order valence-electron chi connectivity index (χ3n) is 4.12. The van der Waals surface area contributed by atoms with Crippen LogP contribution in [0.1, 0.15) is 23.2 Å². The lowest BCUT2D eigenvalue weighted by Crippen LogP contribution is -2.26. The van der Waals surface area contributed by atoms with Gasteiger partial charge in [0.2, 0.25) is 0 Å². The second-order valence-corrected chi connectivity index (χ2v) is 5.69. The van der Waals surface area contributed by atoms with Crippen molar-refractivity contribution < 1.29 is 9.53 Å². The maximum absolute atomic E-state index is 12.5. The maximum Gasteiger partial charge on any atom is 0.251 e. The van der Waals surface area contributed by atoms with Crippen molar-refractivity contribution in [2.45, 2.75) is 12.8 Å². The van der Waals surface area contributed by atoms with Gasteiger partial charge in [-0.15, -0.1) is 0 Å². The van der Waals surface area contributed by atoms with Crippen LogP contribution in [0.2, 0.25) is 0 Å². The fraction of sp³-hybridized carbons (Fsp3) is 0.316. The van der Waals surface area contributed by atoms with Gasteiger partial charge >= 0.3 is 0 Å². The van der Waals surface area contributed by atoms with Gasteiger partial charge in [0.25, 0.3) is 5.91 Å². The highest BCUT2D eigenvalue weighted by Gasteiger charge is 2.16. The lowest BCUT2D eigenvalue weighted by molar-refractivity contribution is 0.0951. The number of ether oxygens (including phenoxy) is 1. The third-order valence-corrected chi connectivity index (χ3v) is 4.12. The number of rotatable bonds is 5. The number of carbonyl (C=O) groups is 1. The summed E-state index contributed by atoms with van der Waals surface area (Å²) < 4.78 is 5.36. The number of nitrogens with one attached hydrogen (secondary N) is 1. The summed E-state index contributed by atoms with van der Waals surface area (Å²) in [6.45, 7) is 2.39. The molecule has 114 valence electrons. The van der Waals surface area contributed by atoms with Gasteiger partial charge in [0.05, 0.1) is 0 Å². The Balaban J connectivity index is 1.67. The highest BCUT2D eigenvalue weighted by atomic mass is 16.5. The summed E-state index contributed by atoms with van der Waals surface area (Å²) in [5.41, 5.74) is 2.78. The van der Waals surface area contributed by atoms with E-state index in [9.17, 15) is 4.79 Å². The van der Waals surface area contributed by atoms with E-state index in [-0.39, 0.29) is 5.91 Å². The summed E-state index contributed by atoms with van der Waals surface area (Å²) in [6, 6.07) is 17.8. The molecule has 3 heteroatoms. The van der Waals surface area contributed by atoms with E-state index in [1.807, 2.05) is 54.6 Å². The first kappa shape index (κ1) is 14.8. The molecule has 1 fully saturated rings. The first-order valence-corrected chi connectivity index (χ1v) is 7.85. The zero-order valence-corrected chi connectivity index (χ0v) is 12.6. The molecular weight excluding hydrogens is 274 g/mol. The van der Waals surface area contributed by atoms with Gasteiger partial charge in [0.15, 0.2) is 0 Å². The fourth-order valence-electron chi connectivity index (χ4n) is 2.85. The Morgan fingerprint density at radius 2 is 1.86 bits per heavy atom. The molecule has 1 amide bonds. The van der Waals surface area contributed by atoms with Crippen LogP contribution in [0.25, 0.3) is 11.1 Å². The molecule has 0 aromatic heterocycles. The lowest BCUT2D eigenvalue weighted by Gasteiger charge is -2.12. The molecule has 1 N–H and O–H groups in total. The van der Waals surface area contributed by atoms with Crippen molar-refractivity contribution in [3.8, 4) is 11.1 Å². The minimum absolute atomic E-state index is 0.00151. The van der Waals surface area contributed by atoms with Gasteiger partial charge in [0.1, 0.15) is 0 Å². The second-order valence-electron chi connectivity index (χ2n) is 5.69. The second kappa shape index (κ2) is 7.23. The van der Waals surface area contributed by atoms with Crippen molar-refractivity contribution in [3.63, 3.8) is 0 Å². The van der Waals surface area contributed by atoms with Gasteiger partial charge in [-0.3, -0.25) is 4.79 Å². The summed E-state index contributed by atoms with van der Waals surface area (Å²) >= 11 is 0. The Kier molecular flexibility index (Phi) is 4.86. The largest absolute Gasteiger partial charge is 0.381 e. The molecule has 0 bridgehead atoms. The van der Waals surface area contributed by atoms with Gasteiger partial charge < -0.3 is 10.1 Å². The average Bonchev–Trinajstić information content (AvgIpc) is 3.09. The predicted octanol–water partition coefficient (Wildman–Crippen LogP) is 3.51. The van der Waals surface area contributed by atoms with E-state index >= 15 is 0 Å². The van der Waals surface area contributed by atoms with Crippen molar-refractivity contribution >= 4 is 5.91 Å². The first-order valence-electron chi connectivity index (χ1n) is 7.85. The lowest BCUT2D eigenvalue weighted by atomic mass is 9.99. The number of hydrogen-bond acceptors (Lipinski definition) is 2. The predicted molar refractivity (Wildman–Crippen MR) is 87.8 cm³/mol. The number of amides is 1. The van der Waals surface area contributed by atoms with Crippen LogP contribution in [-0.4, -0.2) is 25.7 Å². The number of hydrogen-bond donors (Lipinski definition) is 1. The molecule has 3 rings (SSSR count). The topological polar surface area (TPSA) is 38.3 Å². The SMILES string of the molecule is O=C(NCCC1CCOC1)c1ccccc1-c1ccccc1. The monoisotopic (exact) mass is 295 g/mol. The molecule has 1 atom stereocenters. The normalized spacial score (nSPS) is 17.4. The highest BCUT2D eigenvalue weighted by molar-refractivity contribution is 6.00. The van der Waals surface area contributed by atoms with E-state index in [1.54, 1.807) is 0 Å². The highest BCUT2D eigenvalue weighted by Crippen LogP contribution is 2.23.